The molecule has 0 unspecified atom stereocenters. The Morgan fingerprint density at radius 1 is 1.09 bits per heavy atom. The van der Waals surface area contributed by atoms with E-state index < -0.39 is 20.2 Å². The maximum atomic E-state index is 11.9. The van der Waals surface area contributed by atoms with Gasteiger partial charge < -0.3 is 0 Å². The largest absolute Gasteiger partial charge is 0.278 e. The summed E-state index contributed by atoms with van der Waals surface area (Å²) in [6, 6.07) is 7.49. The lowest BCUT2D eigenvalue weighted by Gasteiger charge is -2.21. The molecule has 1 aromatic carbocycles. The highest BCUT2D eigenvalue weighted by atomic mass is 32.2. The first kappa shape index (κ1) is 19.0. The van der Waals surface area contributed by atoms with Crippen molar-refractivity contribution < 1.29 is 16.8 Å². The first-order chi connectivity index (χ1) is 10.0. The molecule has 1 rings (SSSR count). The molecule has 1 aromatic rings. The van der Waals surface area contributed by atoms with E-state index in [1.54, 1.807) is 0 Å². The molecule has 0 radical (unpaired) electrons. The predicted octanol–water partition coefficient (Wildman–Crippen LogP) is 0.153. The van der Waals surface area contributed by atoms with E-state index in [1.165, 1.54) is 18.4 Å². The van der Waals surface area contributed by atoms with Crippen molar-refractivity contribution >= 4 is 20.2 Å². The Morgan fingerprint density at radius 2 is 1.68 bits per heavy atom. The first-order valence-electron chi connectivity index (χ1n) is 6.71. The molecule has 0 aromatic heterocycles. The summed E-state index contributed by atoms with van der Waals surface area (Å²) in [4.78, 5) is 0. The fourth-order valence-electron chi connectivity index (χ4n) is 1.77. The molecule has 126 valence electrons. The van der Waals surface area contributed by atoms with Gasteiger partial charge in [-0.05, 0) is 18.1 Å². The second-order valence-corrected chi connectivity index (χ2v) is 9.16. The van der Waals surface area contributed by atoms with Crippen LogP contribution >= 0.6 is 0 Å². The van der Waals surface area contributed by atoms with E-state index in [0.29, 0.717) is 0 Å². The van der Waals surface area contributed by atoms with E-state index in [0.717, 1.165) is 21.7 Å². The summed E-state index contributed by atoms with van der Waals surface area (Å²) in [5.41, 5.74) is 1.88. The van der Waals surface area contributed by atoms with Gasteiger partial charge in [0.05, 0.1) is 6.26 Å². The summed E-state index contributed by atoms with van der Waals surface area (Å²) in [5.74, 6) is 0. The lowest BCUT2D eigenvalue weighted by Crippen LogP contribution is -2.41. The van der Waals surface area contributed by atoms with Crippen molar-refractivity contribution in [1.29, 1.82) is 0 Å². The Kier molecular flexibility index (Phi) is 6.50. The van der Waals surface area contributed by atoms with Crippen LogP contribution in [-0.4, -0.2) is 58.9 Å². The highest BCUT2D eigenvalue weighted by Gasteiger charge is 2.19. The van der Waals surface area contributed by atoms with Crippen molar-refractivity contribution in [2.75, 3.05) is 33.4 Å². The molecule has 0 aliphatic heterocycles. The van der Waals surface area contributed by atoms with Gasteiger partial charge in [0, 0.05) is 33.7 Å². The number of hydrogen-bond acceptors (Lipinski definition) is 4. The molecule has 0 heterocycles. The lowest BCUT2D eigenvalue weighted by molar-refractivity contribution is 0.408. The minimum absolute atomic E-state index is 0.0134. The standard InChI is InChI=1S/C13H23N3O4S2/c1-12-7-5-6-8-13(12)11-16(21(4,17)18)10-9-14-22(19,20)15(2)3/h5-8,14H,9-11H2,1-4H3. The van der Waals surface area contributed by atoms with Crippen LogP contribution < -0.4 is 4.72 Å². The van der Waals surface area contributed by atoms with Crippen molar-refractivity contribution in [3.63, 3.8) is 0 Å². The zero-order chi connectivity index (χ0) is 17.0. The molecular weight excluding hydrogens is 326 g/mol. The third-order valence-electron chi connectivity index (χ3n) is 3.20. The molecular formula is C13H23N3O4S2. The topological polar surface area (TPSA) is 86.8 Å². The summed E-state index contributed by atoms with van der Waals surface area (Å²) < 4.78 is 51.6. The normalized spacial score (nSPS) is 13.0. The number of rotatable bonds is 8. The van der Waals surface area contributed by atoms with Crippen molar-refractivity contribution in [2.45, 2.75) is 13.5 Å². The number of sulfonamides is 1. The van der Waals surface area contributed by atoms with Crippen LogP contribution in [0.2, 0.25) is 0 Å². The average Bonchev–Trinajstić information content (AvgIpc) is 2.38. The smallest absolute Gasteiger partial charge is 0.212 e. The molecule has 22 heavy (non-hydrogen) atoms. The highest BCUT2D eigenvalue weighted by Crippen LogP contribution is 2.12. The van der Waals surface area contributed by atoms with Crippen LogP contribution in [0.15, 0.2) is 24.3 Å². The van der Waals surface area contributed by atoms with Crippen LogP contribution in [0.5, 0.6) is 0 Å². The SMILES string of the molecule is Cc1ccccc1CN(CCNS(=O)(=O)N(C)C)S(C)(=O)=O. The van der Waals surface area contributed by atoms with Gasteiger partial charge in [-0.15, -0.1) is 0 Å². The molecule has 9 heteroatoms. The Hall–Kier alpha value is -1.00. The van der Waals surface area contributed by atoms with Crippen LogP contribution in [-0.2, 0) is 26.8 Å². The van der Waals surface area contributed by atoms with Crippen LogP contribution in [0.4, 0.5) is 0 Å². The molecule has 0 fully saturated rings. The molecule has 1 N–H and O–H groups in total. The molecule has 0 aliphatic rings. The average molecular weight is 349 g/mol. The van der Waals surface area contributed by atoms with Gasteiger partial charge in [0.1, 0.15) is 0 Å². The van der Waals surface area contributed by atoms with Crippen LogP contribution in [0.25, 0.3) is 0 Å². The number of nitrogens with one attached hydrogen (secondary N) is 1. The molecule has 0 atom stereocenters. The minimum atomic E-state index is -3.56. The molecule has 0 amide bonds. The zero-order valence-electron chi connectivity index (χ0n) is 13.3. The highest BCUT2D eigenvalue weighted by molar-refractivity contribution is 7.88. The summed E-state index contributed by atoms with van der Waals surface area (Å²) in [5, 5.41) is 0. The quantitative estimate of drug-likeness (QED) is 0.724. The van der Waals surface area contributed by atoms with E-state index in [-0.39, 0.29) is 19.6 Å². The summed E-state index contributed by atoms with van der Waals surface area (Å²) in [6.07, 6.45) is 1.12. The van der Waals surface area contributed by atoms with Crippen molar-refractivity contribution in [3.05, 3.63) is 35.4 Å². The van der Waals surface area contributed by atoms with Gasteiger partial charge in [0.15, 0.2) is 0 Å². The van der Waals surface area contributed by atoms with Gasteiger partial charge >= 0.3 is 0 Å². The van der Waals surface area contributed by atoms with Crippen molar-refractivity contribution in [3.8, 4) is 0 Å². The van der Waals surface area contributed by atoms with Crippen LogP contribution in [0, 0.1) is 6.92 Å². The zero-order valence-corrected chi connectivity index (χ0v) is 14.9. The molecule has 0 bridgehead atoms. The number of benzene rings is 1. The minimum Gasteiger partial charge on any atom is -0.212 e. The van der Waals surface area contributed by atoms with Gasteiger partial charge in [0.25, 0.3) is 10.2 Å². The second-order valence-electron chi connectivity index (χ2n) is 5.20. The number of hydrogen-bond donors (Lipinski definition) is 1. The fraction of sp³-hybridized carbons (Fsp3) is 0.538. The predicted molar refractivity (Wildman–Crippen MR) is 87.0 cm³/mol. The Morgan fingerprint density at radius 3 is 2.18 bits per heavy atom. The molecule has 0 spiro atoms. The summed E-state index contributed by atoms with van der Waals surface area (Å²) >= 11 is 0. The van der Waals surface area contributed by atoms with Crippen molar-refractivity contribution in [1.82, 2.24) is 13.3 Å². The van der Waals surface area contributed by atoms with E-state index in [1.807, 2.05) is 31.2 Å². The Bertz CT molecular complexity index is 700. The van der Waals surface area contributed by atoms with Crippen LogP contribution in [0.3, 0.4) is 0 Å². The summed E-state index contributed by atoms with van der Waals surface area (Å²) in [6.45, 7) is 2.21. The van der Waals surface area contributed by atoms with Gasteiger partial charge in [0.2, 0.25) is 10.0 Å². The van der Waals surface area contributed by atoms with E-state index in [2.05, 4.69) is 4.72 Å². The second kappa shape index (κ2) is 7.51. The van der Waals surface area contributed by atoms with Gasteiger partial charge in [-0.3, -0.25) is 0 Å². The van der Waals surface area contributed by atoms with Gasteiger partial charge in [-0.25, -0.2) is 13.1 Å². The number of nitrogens with zero attached hydrogens (tertiary/aromatic N) is 2. The third kappa shape index (κ3) is 5.65. The molecule has 0 aliphatic carbocycles. The molecule has 0 saturated carbocycles. The lowest BCUT2D eigenvalue weighted by atomic mass is 10.1. The van der Waals surface area contributed by atoms with E-state index in [4.69, 9.17) is 0 Å². The third-order valence-corrected chi connectivity index (χ3v) is 5.98. The van der Waals surface area contributed by atoms with Gasteiger partial charge in [-0.2, -0.15) is 17.0 Å². The van der Waals surface area contributed by atoms with Gasteiger partial charge in [-0.1, -0.05) is 24.3 Å². The first-order valence-corrected chi connectivity index (χ1v) is 9.99. The molecule has 7 nitrogen and oxygen atoms in total. The maximum Gasteiger partial charge on any atom is 0.278 e. The Labute approximate surface area is 133 Å². The van der Waals surface area contributed by atoms with E-state index in [9.17, 15) is 16.8 Å². The molecule has 0 saturated heterocycles. The van der Waals surface area contributed by atoms with Crippen LogP contribution in [0.1, 0.15) is 11.1 Å². The van der Waals surface area contributed by atoms with E-state index >= 15 is 0 Å². The fourth-order valence-corrected chi connectivity index (χ4v) is 3.17. The Balaban J connectivity index is 2.78. The monoisotopic (exact) mass is 349 g/mol. The summed E-state index contributed by atoms with van der Waals surface area (Å²) in [7, 11) is -4.18. The maximum absolute atomic E-state index is 11.9. The number of aryl methyl sites for hydroxylation is 1. The van der Waals surface area contributed by atoms with Crippen molar-refractivity contribution in [2.24, 2.45) is 0 Å².